The van der Waals surface area contributed by atoms with Crippen molar-refractivity contribution in [3.8, 4) is 22.3 Å². The lowest BCUT2D eigenvalue weighted by molar-refractivity contribution is -0.139. The summed E-state index contributed by atoms with van der Waals surface area (Å²) in [6.07, 6.45) is 12.6. The first kappa shape index (κ1) is 49.5. The molecule has 14 nitrogen and oxygen atoms in total. The SMILES string of the molecule is COC(=O)NC(C(=O)N1[C@H](c2nc3cc(-c4cc5ccc4CCc4ccc(c(-c6ccc7[nH]c([C@@H]8C[C@@H]9CCCC[C@@H]9N8C(=O)[C@H](NC(=O)OC)C(C)C)nc7c6)c4)CC5)ccc3[nH]2)C[C@@H]2CCCC[C@@H]21)C(C)C. The normalized spacial score (nSPS) is 23.4. The maximum atomic E-state index is 14.5. The Labute approximate surface area is 434 Å². The first-order valence-electron chi connectivity index (χ1n) is 27.4. The molecule has 2 saturated heterocycles. The van der Waals surface area contributed by atoms with Crippen LogP contribution in [0.4, 0.5) is 9.59 Å². The molecule has 74 heavy (non-hydrogen) atoms. The van der Waals surface area contributed by atoms with Crippen LogP contribution in [0.3, 0.4) is 0 Å². The number of imidazole rings is 2. The molecule has 4 amide bonds. The third-order valence-electron chi connectivity index (χ3n) is 17.4. The number of rotatable bonds is 10. The summed E-state index contributed by atoms with van der Waals surface area (Å²) >= 11 is 0. The number of carbonyl (C=O) groups excluding carboxylic acids is 4. The zero-order valence-electron chi connectivity index (χ0n) is 43.8. The fraction of sp³-hybridized carbons (Fsp3) is 0.500. The van der Waals surface area contributed by atoms with Crippen molar-refractivity contribution in [3.63, 3.8) is 0 Å². The third-order valence-corrected chi connectivity index (χ3v) is 17.4. The summed E-state index contributed by atoms with van der Waals surface area (Å²) < 4.78 is 9.87. The molecule has 14 heteroatoms. The number of nitrogens with one attached hydrogen (secondary N) is 4. The molecule has 8 atom stereocenters. The van der Waals surface area contributed by atoms with Crippen LogP contribution in [0.5, 0.6) is 0 Å². The average molecular weight is 1000 g/mol. The number of ether oxygens (including phenoxy) is 2. The second kappa shape index (κ2) is 20.5. The molecule has 1 unspecified atom stereocenters. The summed E-state index contributed by atoms with van der Waals surface area (Å²) in [4.78, 5) is 75.7. The van der Waals surface area contributed by atoms with E-state index in [4.69, 9.17) is 19.4 Å². The number of alkyl carbamates (subject to hydrolysis) is 2. The lowest BCUT2D eigenvalue weighted by Crippen LogP contribution is -2.53. The topological polar surface area (TPSA) is 175 Å². The second-order valence-electron chi connectivity index (χ2n) is 22.6. The lowest BCUT2D eigenvalue weighted by Gasteiger charge is -2.36. The second-order valence-corrected chi connectivity index (χ2v) is 22.6. The van der Waals surface area contributed by atoms with Crippen molar-refractivity contribution in [2.24, 2.45) is 23.7 Å². The van der Waals surface area contributed by atoms with Gasteiger partial charge in [0.1, 0.15) is 23.7 Å². The van der Waals surface area contributed by atoms with Gasteiger partial charge in [0, 0.05) is 12.1 Å². The van der Waals surface area contributed by atoms with Gasteiger partial charge in [0.25, 0.3) is 0 Å². The zero-order valence-corrected chi connectivity index (χ0v) is 43.8. The number of benzene rings is 4. The quantitative estimate of drug-likeness (QED) is 0.105. The summed E-state index contributed by atoms with van der Waals surface area (Å²) in [6, 6.07) is 25.5. The summed E-state index contributed by atoms with van der Waals surface area (Å²) in [5.74, 6) is 2.04. The van der Waals surface area contributed by atoms with E-state index < -0.39 is 24.3 Å². The van der Waals surface area contributed by atoms with E-state index in [1.807, 2.05) is 27.7 Å². The maximum Gasteiger partial charge on any atom is 0.407 e. The number of fused-ring (bicyclic) bond motifs is 4. The van der Waals surface area contributed by atoms with Crippen molar-refractivity contribution in [2.45, 2.75) is 154 Å². The molecular weight excluding hydrogens is 929 g/mol. The van der Waals surface area contributed by atoms with E-state index in [0.29, 0.717) is 11.8 Å². The minimum absolute atomic E-state index is 0.0673. The molecule has 6 aromatic rings. The molecule has 8 aliphatic rings. The predicted molar refractivity (Wildman–Crippen MR) is 286 cm³/mol. The fourth-order valence-corrected chi connectivity index (χ4v) is 13.6. The summed E-state index contributed by atoms with van der Waals surface area (Å²) in [6.45, 7) is 7.85. The van der Waals surface area contributed by atoms with Crippen LogP contribution >= 0.6 is 0 Å². The van der Waals surface area contributed by atoms with Crippen molar-refractivity contribution >= 4 is 46.1 Å². The first-order valence-corrected chi connectivity index (χ1v) is 27.4. The highest BCUT2D eigenvalue weighted by Gasteiger charge is 2.50. The summed E-state index contributed by atoms with van der Waals surface area (Å²) in [5.41, 5.74) is 13.5. The van der Waals surface area contributed by atoms with Crippen molar-refractivity contribution < 1.29 is 28.7 Å². The minimum atomic E-state index is -0.695. The summed E-state index contributed by atoms with van der Waals surface area (Å²) in [7, 11) is 2.66. The Bertz CT molecular complexity index is 2900. The Kier molecular flexibility index (Phi) is 13.7. The van der Waals surface area contributed by atoms with Crippen molar-refractivity contribution in [1.82, 2.24) is 40.4 Å². The minimum Gasteiger partial charge on any atom is -0.453 e. The molecule has 4 heterocycles. The zero-order chi connectivity index (χ0) is 51.4. The Balaban J connectivity index is 0.849. The number of aromatic amines is 2. The van der Waals surface area contributed by atoms with Gasteiger partial charge in [0.15, 0.2) is 0 Å². The average Bonchev–Trinajstić information content (AvgIpc) is 4.21. The van der Waals surface area contributed by atoms with E-state index in [-0.39, 0.29) is 47.8 Å². The van der Waals surface area contributed by atoms with Crippen LogP contribution in [0.15, 0.2) is 72.8 Å². The van der Waals surface area contributed by atoms with Gasteiger partial charge in [-0.3, -0.25) is 9.59 Å². The highest BCUT2D eigenvalue weighted by Crippen LogP contribution is 2.48. The van der Waals surface area contributed by atoms with Gasteiger partial charge in [0.05, 0.1) is 48.4 Å². The molecule has 14 rings (SSSR count). The van der Waals surface area contributed by atoms with Crippen LogP contribution in [-0.2, 0) is 44.7 Å². The van der Waals surface area contributed by atoms with Gasteiger partial charge >= 0.3 is 12.2 Å². The van der Waals surface area contributed by atoms with Gasteiger partial charge in [0.2, 0.25) is 11.8 Å². The Morgan fingerprint density at radius 3 is 1.38 bits per heavy atom. The fourth-order valence-electron chi connectivity index (χ4n) is 13.6. The van der Waals surface area contributed by atoms with Crippen molar-refractivity contribution in [1.29, 1.82) is 0 Å². The number of carbonyl (C=O) groups is 4. The van der Waals surface area contributed by atoms with Crippen LogP contribution in [0.2, 0.25) is 0 Å². The largest absolute Gasteiger partial charge is 0.453 e. The molecule has 0 spiro atoms. The lowest BCUT2D eigenvalue weighted by atomic mass is 9.84. The van der Waals surface area contributed by atoms with Crippen LogP contribution < -0.4 is 10.6 Å². The molecule has 388 valence electrons. The molecule has 6 aliphatic carbocycles. The first-order chi connectivity index (χ1) is 35.8. The predicted octanol–water partition coefficient (Wildman–Crippen LogP) is 11.1. The number of nitrogens with zero attached hydrogens (tertiary/aromatic N) is 4. The van der Waals surface area contributed by atoms with Gasteiger partial charge in [-0.25, -0.2) is 19.6 Å². The van der Waals surface area contributed by atoms with E-state index in [0.717, 1.165) is 135 Å². The Morgan fingerprint density at radius 2 is 0.973 bits per heavy atom. The smallest absolute Gasteiger partial charge is 0.407 e. The number of methoxy groups -OCH3 is 2. The molecule has 4 aromatic carbocycles. The van der Waals surface area contributed by atoms with Crippen LogP contribution in [-0.4, -0.2) is 92.1 Å². The van der Waals surface area contributed by atoms with Crippen LogP contribution in [0, 0.1) is 23.7 Å². The molecule has 2 saturated carbocycles. The highest BCUT2D eigenvalue weighted by molar-refractivity contribution is 5.89. The van der Waals surface area contributed by atoms with E-state index >= 15 is 0 Å². The number of hydrogen-bond acceptors (Lipinski definition) is 8. The standard InChI is InChI=1S/C60H72N8O6/c1-33(2)53(65-59(71)73-5)57(69)67-49-13-9-7-11-41(49)31-51(67)55-61-45-25-23-39(29-47(45)63-55)43-27-35-15-19-37(43)21-17-36-16-20-38(22-18-35)44(28-36)40-24-26-46-48(30-40)64-56(62-46)52-32-42-12-8-10-14-50(42)68(52)58(70)54(34(3)4)66-60(72)74-6/h15-16,19-20,23-30,33-34,41-42,49-54H,7-14,17-18,21-22,31-32H2,1-6H3,(H,61,63)(H,62,64)(H,65,71)(H,66,72)/t41-,42-,49-,50-,51-,52-,53+,54?/m0/s1. The van der Waals surface area contributed by atoms with Gasteiger partial charge in [-0.1, -0.05) is 102 Å². The van der Waals surface area contributed by atoms with Gasteiger partial charge in [-0.05, 0) is 157 Å². The number of H-pyrrole nitrogens is 2. The Morgan fingerprint density at radius 1 is 0.554 bits per heavy atom. The molecule has 0 radical (unpaired) electrons. The van der Waals surface area contributed by atoms with E-state index in [1.165, 1.54) is 47.6 Å². The monoisotopic (exact) mass is 1000 g/mol. The number of aryl methyl sites for hydroxylation is 4. The molecule has 4 fully saturated rings. The van der Waals surface area contributed by atoms with Gasteiger partial charge in [-0.2, -0.15) is 0 Å². The molecule has 4 N–H and O–H groups in total. The Hall–Kier alpha value is -6.70. The molecular formula is C60H72N8O6. The van der Waals surface area contributed by atoms with Gasteiger partial charge < -0.3 is 39.9 Å². The molecule has 2 aromatic heterocycles. The number of aromatic nitrogens is 4. The van der Waals surface area contributed by atoms with Gasteiger partial charge in [-0.15, -0.1) is 0 Å². The van der Waals surface area contributed by atoms with E-state index in [9.17, 15) is 19.2 Å². The van der Waals surface area contributed by atoms with E-state index in [2.05, 4.69) is 103 Å². The maximum absolute atomic E-state index is 14.5. The highest BCUT2D eigenvalue weighted by atomic mass is 16.5. The number of likely N-dealkylation sites (tertiary alicyclic amines) is 2. The van der Waals surface area contributed by atoms with Crippen molar-refractivity contribution in [2.75, 3.05) is 14.2 Å². The third kappa shape index (κ3) is 9.42. The molecule has 2 aliphatic heterocycles. The summed E-state index contributed by atoms with van der Waals surface area (Å²) in [5, 5.41) is 5.68. The number of hydrogen-bond donors (Lipinski definition) is 4. The van der Waals surface area contributed by atoms with Crippen molar-refractivity contribution in [3.05, 3.63) is 107 Å². The van der Waals surface area contributed by atoms with Crippen LogP contribution in [0.1, 0.15) is 138 Å². The molecule has 4 bridgehead atoms. The number of amides is 4. The van der Waals surface area contributed by atoms with E-state index in [1.54, 1.807) is 0 Å². The van der Waals surface area contributed by atoms with Crippen LogP contribution in [0.25, 0.3) is 44.3 Å².